The molecule has 0 aromatic heterocycles. The summed E-state index contributed by atoms with van der Waals surface area (Å²) in [6.45, 7) is 6.70. The molecule has 1 rings (SSSR count). The number of unbranched alkanes of at least 4 members (excludes halogenated alkanes) is 1. The molecule has 0 spiro atoms. The van der Waals surface area contributed by atoms with Crippen molar-refractivity contribution in [1.29, 1.82) is 0 Å². The first kappa shape index (κ1) is 19.0. The molecule has 0 aliphatic carbocycles. The molecule has 5 nitrogen and oxygen atoms in total. The molecule has 0 saturated carbocycles. The summed E-state index contributed by atoms with van der Waals surface area (Å²) in [7, 11) is 0. The summed E-state index contributed by atoms with van der Waals surface area (Å²) < 4.78 is 10.8. The van der Waals surface area contributed by atoms with E-state index >= 15 is 0 Å². The van der Waals surface area contributed by atoms with Crippen molar-refractivity contribution in [2.24, 2.45) is 0 Å². The van der Waals surface area contributed by atoms with Crippen molar-refractivity contribution in [3.05, 3.63) is 29.8 Å². The van der Waals surface area contributed by atoms with Crippen molar-refractivity contribution < 1.29 is 14.3 Å². The van der Waals surface area contributed by atoms with Gasteiger partial charge in [0.15, 0.2) is 0 Å². The van der Waals surface area contributed by atoms with Crippen LogP contribution in [0.3, 0.4) is 0 Å². The quantitative estimate of drug-likeness (QED) is 0.373. The van der Waals surface area contributed by atoms with Crippen molar-refractivity contribution in [2.75, 3.05) is 32.1 Å². The molecule has 0 bridgehead atoms. The number of amides is 1. The monoisotopic (exact) mass is 320 g/mol. The Labute approximate surface area is 138 Å². The summed E-state index contributed by atoms with van der Waals surface area (Å²) in [5, 5.41) is 2.83. The van der Waals surface area contributed by atoms with Gasteiger partial charge in [-0.05, 0) is 43.5 Å². The summed E-state index contributed by atoms with van der Waals surface area (Å²) in [5.74, 6) is 0.545. The molecule has 0 unspecified atom stereocenters. The second kappa shape index (κ2) is 11.5. The lowest BCUT2D eigenvalue weighted by Crippen LogP contribution is -2.23. The largest absolute Gasteiger partial charge is 0.492 e. The lowest BCUT2D eigenvalue weighted by molar-refractivity contribution is -0.116. The van der Waals surface area contributed by atoms with Crippen LogP contribution in [-0.4, -0.2) is 32.3 Å². The van der Waals surface area contributed by atoms with E-state index in [-0.39, 0.29) is 5.91 Å². The molecule has 0 aliphatic heterocycles. The molecule has 0 fully saturated rings. The van der Waals surface area contributed by atoms with Crippen molar-refractivity contribution in [3.8, 4) is 5.75 Å². The van der Waals surface area contributed by atoms with E-state index in [2.05, 4.69) is 12.2 Å². The number of ether oxygens (including phenoxy) is 2. The molecular weight excluding hydrogens is 292 g/mol. The topological polar surface area (TPSA) is 73.6 Å². The Morgan fingerprint density at radius 1 is 1.26 bits per heavy atom. The zero-order valence-corrected chi connectivity index (χ0v) is 14.1. The van der Waals surface area contributed by atoms with E-state index < -0.39 is 0 Å². The molecule has 5 heteroatoms. The Balaban J connectivity index is 2.28. The number of benzene rings is 1. The molecule has 128 valence electrons. The lowest BCUT2D eigenvalue weighted by atomic mass is 10.1. The average molecular weight is 320 g/mol. The molecule has 0 saturated heterocycles. The minimum absolute atomic E-state index is 0.119. The predicted octanol–water partition coefficient (Wildman–Crippen LogP) is 3.00. The summed E-state index contributed by atoms with van der Waals surface area (Å²) in [6.07, 6.45) is 6.28. The maximum absolute atomic E-state index is 11.7. The van der Waals surface area contributed by atoms with Crippen LogP contribution in [0.1, 0.15) is 38.7 Å². The van der Waals surface area contributed by atoms with Crippen LogP contribution in [-0.2, 0) is 9.53 Å². The fourth-order valence-electron chi connectivity index (χ4n) is 1.92. The van der Waals surface area contributed by atoms with Crippen molar-refractivity contribution >= 4 is 17.7 Å². The van der Waals surface area contributed by atoms with Crippen LogP contribution in [0.15, 0.2) is 24.3 Å². The van der Waals surface area contributed by atoms with E-state index in [0.717, 1.165) is 31.4 Å². The fraction of sp³-hybridized carbons (Fsp3) is 0.500. The van der Waals surface area contributed by atoms with Crippen LogP contribution < -0.4 is 15.8 Å². The molecule has 1 aromatic rings. The molecule has 0 aliphatic rings. The van der Waals surface area contributed by atoms with Crippen molar-refractivity contribution in [1.82, 2.24) is 5.32 Å². The number of hydrogen-bond acceptors (Lipinski definition) is 4. The number of nitrogen functional groups attached to an aromatic ring is 1. The van der Waals surface area contributed by atoms with Crippen LogP contribution in [0, 0.1) is 0 Å². The Morgan fingerprint density at radius 2 is 2.04 bits per heavy atom. The van der Waals surface area contributed by atoms with Crippen molar-refractivity contribution in [2.45, 2.75) is 33.1 Å². The Bertz CT molecular complexity index is 501. The van der Waals surface area contributed by atoms with Gasteiger partial charge >= 0.3 is 0 Å². The van der Waals surface area contributed by atoms with E-state index in [1.807, 2.05) is 19.1 Å². The van der Waals surface area contributed by atoms with Crippen LogP contribution in [0.2, 0.25) is 0 Å². The first-order chi connectivity index (χ1) is 11.2. The van der Waals surface area contributed by atoms with Gasteiger partial charge in [0, 0.05) is 25.8 Å². The van der Waals surface area contributed by atoms with Gasteiger partial charge < -0.3 is 20.5 Å². The van der Waals surface area contributed by atoms with Gasteiger partial charge in [-0.2, -0.15) is 0 Å². The maximum atomic E-state index is 11.7. The number of rotatable bonds is 11. The zero-order chi connectivity index (χ0) is 16.9. The summed E-state index contributed by atoms with van der Waals surface area (Å²) >= 11 is 0. The highest BCUT2D eigenvalue weighted by Gasteiger charge is 2.00. The SMILES string of the molecule is CCCCOCCCNC(=O)/C=C\c1ccc(OCC)c(N)c1. The molecule has 0 atom stereocenters. The van der Waals surface area contributed by atoms with E-state index in [1.54, 1.807) is 12.1 Å². The first-order valence-electron chi connectivity index (χ1n) is 8.23. The number of nitrogens with two attached hydrogens (primary N) is 1. The molecule has 1 amide bonds. The molecular formula is C18H28N2O3. The first-order valence-corrected chi connectivity index (χ1v) is 8.23. The molecule has 0 radical (unpaired) electrons. The second-order valence-electron chi connectivity index (χ2n) is 5.17. The lowest BCUT2D eigenvalue weighted by Gasteiger charge is -2.07. The van der Waals surface area contributed by atoms with E-state index in [0.29, 0.717) is 31.2 Å². The molecule has 3 N–H and O–H groups in total. The van der Waals surface area contributed by atoms with Gasteiger partial charge in [-0.15, -0.1) is 0 Å². The third-order valence-corrected chi connectivity index (χ3v) is 3.17. The minimum atomic E-state index is -0.119. The molecule has 0 heterocycles. The fourth-order valence-corrected chi connectivity index (χ4v) is 1.92. The summed E-state index contributed by atoms with van der Waals surface area (Å²) in [5.41, 5.74) is 7.32. The normalized spacial score (nSPS) is 10.9. The van der Waals surface area contributed by atoms with E-state index in [4.69, 9.17) is 15.2 Å². The van der Waals surface area contributed by atoms with Gasteiger partial charge in [-0.1, -0.05) is 19.4 Å². The summed E-state index contributed by atoms with van der Waals surface area (Å²) in [6, 6.07) is 5.47. The number of hydrogen-bond donors (Lipinski definition) is 2. The van der Waals surface area contributed by atoms with E-state index in [9.17, 15) is 4.79 Å². The molecule has 23 heavy (non-hydrogen) atoms. The van der Waals surface area contributed by atoms with Crippen LogP contribution >= 0.6 is 0 Å². The number of nitrogens with one attached hydrogen (secondary N) is 1. The van der Waals surface area contributed by atoms with Gasteiger partial charge in [0.05, 0.1) is 12.3 Å². The number of carbonyl (C=O) groups excluding carboxylic acids is 1. The Hall–Kier alpha value is -2.01. The smallest absolute Gasteiger partial charge is 0.244 e. The highest BCUT2D eigenvalue weighted by Crippen LogP contribution is 2.22. The third kappa shape index (κ3) is 8.26. The number of carbonyl (C=O) groups is 1. The van der Waals surface area contributed by atoms with Crippen LogP contribution in [0.4, 0.5) is 5.69 Å². The standard InChI is InChI=1S/C18H28N2O3/c1-3-5-12-22-13-6-11-20-18(21)10-8-15-7-9-17(23-4-2)16(19)14-15/h7-10,14H,3-6,11-13,19H2,1-2H3,(H,20,21)/b10-8-. The maximum Gasteiger partial charge on any atom is 0.244 e. The third-order valence-electron chi connectivity index (χ3n) is 3.17. The minimum Gasteiger partial charge on any atom is -0.492 e. The Kier molecular flexibility index (Phi) is 9.55. The van der Waals surface area contributed by atoms with Gasteiger partial charge in [0.1, 0.15) is 5.75 Å². The Morgan fingerprint density at radius 3 is 2.74 bits per heavy atom. The van der Waals surface area contributed by atoms with Gasteiger partial charge in [0.2, 0.25) is 5.91 Å². The highest BCUT2D eigenvalue weighted by molar-refractivity contribution is 5.91. The van der Waals surface area contributed by atoms with E-state index in [1.165, 1.54) is 6.08 Å². The van der Waals surface area contributed by atoms with Gasteiger partial charge in [-0.3, -0.25) is 4.79 Å². The molecule has 1 aromatic carbocycles. The second-order valence-corrected chi connectivity index (χ2v) is 5.17. The van der Waals surface area contributed by atoms with Crippen molar-refractivity contribution in [3.63, 3.8) is 0 Å². The predicted molar refractivity (Wildman–Crippen MR) is 94.4 cm³/mol. The average Bonchev–Trinajstić information content (AvgIpc) is 2.54. The number of anilines is 1. The van der Waals surface area contributed by atoms with Crippen LogP contribution in [0.5, 0.6) is 5.75 Å². The van der Waals surface area contributed by atoms with Crippen LogP contribution in [0.25, 0.3) is 6.08 Å². The highest BCUT2D eigenvalue weighted by atomic mass is 16.5. The summed E-state index contributed by atoms with van der Waals surface area (Å²) in [4.78, 5) is 11.7. The zero-order valence-electron chi connectivity index (χ0n) is 14.1. The van der Waals surface area contributed by atoms with Gasteiger partial charge in [-0.25, -0.2) is 0 Å². The van der Waals surface area contributed by atoms with Gasteiger partial charge in [0.25, 0.3) is 0 Å².